The summed E-state index contributed by atoms with van der Waals surface area (Å²) in [6, 6.07) is 10.9. The third kappa shape index (κ3) is 5.22. The van der Waals surface area contributed by atoms with Gasteiger partial charge in [0.2, 0.25) is 11.8 Å². The van der Waals surface area contributed by atoms with E-state index in [1.54, 1.807) is 19.1 Å². The summed E-state index contributed by atoms with van der Waals surface area (Å²) in [5.74, 6) is -0.220. The monoisotopic (exact) mass is 359 g/mol. The second-order valence-electron chi connectivity index (χ2n) is 5.74. The van der Waals surface area contributed by atoms with E-state index in [2.05, 4.69) is 16.0 Å². The highest BCUT2D eigenvalue weighted by molar-refractivity contribution is 6.31. The lowest BCUT2D eigenvalue weighted by Crippen LogP contribution is -2.22. The fourth-order valence-corrected chi connectivity index (χ4v) is 2.47. The average Bonchev–Trinajstić information content (AvgIpc) is 2.58. The largest absolute Gasteiger partial charge is 0.376 e. The van der Waals surface area contributed by atoms with Crippen LogP contribution in [-0.4, -0.2) is 18.4 Å². The van der Waals surface area contributed by atoms with Crippen molar-refractivity contribution in [3.05, 3.63) is 52.5 Å². The Morgan fingerprint density at radius 3 is 2.36 bits per heavy atom. The maximum Gasteiger partial charge on any atom is 0.243 e. The van der Waals surface area contributed by atoms with Crippen LogP contribution in [0, 0.1) is 13.8 Å². The van der Waals surface area contributed by atoms with Gasteiger partial charge >= 0.3 is 0 Å². The lowest BCUT2D eigenvalue weighted by Gasteiger charge is -2.14. The molecule has 3 N–H and O–H groups in total. The van der Waals surface area contributed by atoms with E-state index in [0.717, 1.165) is 22.5 Å². The standard InChI is InChI=1S/C19H22ClN3O2/c1-4-18(24)22-16-7-5-6-15(13(16)3)21-11-19(25)23-17-10-14(20)9-8-12(17)2/h5-10,21H,4,11H2,1-3H3,(H,22,24)(H,23,25). The van der Waals surface area contributed by atoms with Crippen LogP contribution < -0.4 is 16.0 Å². The smallest absolute Gasteiger partial charge is 0.243 e. The van der Waals surface area contributed by atoms with Crippen LogP contribution in [0.5, 0.6) is 0 Å². The molecule has 132 valence electrons. The normalized spacial score (nSPS) is 10.2. The van der Waals surface area contributed by atoms with Gasteiger partial charge < -0.3 is 16.0 Å². The molecule has 0 saturated carbocycles. The molecule has 0 bridgehead atoms. The van der Waals surface area contributed by atoms with Crippen LogP contribution >= 0.6 is 11.6 Å². The summed E-state index contributed by atoms with van der Waals surface area (Å²) in [6.45, 7) is 5.71. The van der Waals surface area contributed by atoms with Crippen molar-refractivity contribution in [1.82, 2.24) is 0 Å². The number of benzene rings is 2. The number of hydrogen-bond donors (Lipinski definition) is 3. The molecule has 0 radical (unpaired) electrons. The summed E-state index contributed by atoms with van der Waals surface area (Å²) >= 11 is 5.96. The zero-order chi connectivity index (χ0) is 18.4. The first-order valence-electron chi connectivity index (χ1n) is 8.10. The number of anilines is 3. The molecule has 6 heteroatoms. The number of carbonyl (C=O) groups excluding carboxylic acids is 2. The number of carbonyl (C=O) groups is 2. The van der Waals surface area contributed by atoms with E-state index in [0.29, 0.717) is 17.1 Å². The summed E-state index contributed by atoms with van der Waals surface area (Å²) in [5.41, 5.74) is 4.06. The number of nitrogens with one attached hydrogen (secondary N) is 3. The first-order chi connectivity index (χ1) is 11.9. The van der Waals surface area contributed by atoms with E-state index >= 15 is 0 Å². The Morgan fingerprint density at radius 1 is 0.960 bits per heavy atom. The Morgan fingerprint density at radius 2 is 1.64 bits per heavy atom. The van der Waals surface area contributed by atoms with Gasteiger partial charge in [0, 0.05) is 28.5 Å². The Labute approximate surface area is 152 Å². The fraction of sp³-hybridized carbons (Fsp3) is 0.263. The predicted octanol–water partition coefficient (Wildman–Crippen LogP) is 4.36. The van der Waals surface area contributed by atoms with Crippen LogP contribution in [0.2, 0.25) is 5.02 Å². The van der Waals surface area contributed by atoms with E-state index in [1.165, 1.54) is 0 Å². The molecule has 5 nitrogen and oxygen atoms in total. The number of amides is 2. The Balaban J connectivity index is 2.01. The maximum absolute atomic E-state index is 12.2. The van der Waals surface area contributed by atoms with Crippen LogP contribution in [0.25, 0.3) is 0 Å². The van der Waals surface area contributed by atoms with Gasteiger partial charge in [-0.15, -0.1) is 0 Å². The molecule has 0 aliphatic rings. The van der Waals surface area contributed by atoms with Crippen molar-refractivity contribution in [2.24, 2.45) is 0 Å². The lowest BCUT2D eigenvalue weighted by molar-refractivity contribution is -0.116. The van der Waals surface area contributed by atoms with Gasteiger partial charge in [0.05, 0.1) is 6.54 Å². The molecule has 0 aliphatic carbocycles. The first kappa shape index (κ1) is 18.8. The van der Waals surface area contributed by atoms with Gasteiger partial charge in [0.1, 0.15) is 0 Å². The highest BCUT2D eigenvalue weighted by Gasteiger charge is 2.09. The molecule has 0 atom stereocenters. The topological polar surface area (TPSA) is 70.2 Å². The van der Waals surface area contributed by atoms with Crippen molar-refractivity contribution in [1.29, 1.82) is 0 Å². The number of aryl methyl sites for hydroxylation is 1. The zero-order valence-corrected chi connectivity index (χ0v) is 15.3. The van der Waals surface area contributed by atoms with Crippen molar-refractivity contribution in [3.8, 4) is 0 Å². The minimum absolute atomic E-state index is 0.0468. The van der Waals surface area contributed by atoms with Crippen LogP contribution in [0.1, 0.15) is 24.5 Å². The predicted molar refractivity (Wildman–Crippen MR) is 103 cm³/mol. The molecule has 2 aromatic rings. The highest BCUT2D eigenvalue weighted by atomic mass is 35.5. The molecule has 0 aromatic heterocycles. The zero-order valence-electron chi connectivity index (χ0n) is 14.6. The summed E-state index contributed by atoms with van der Waals surface area (Å²) in [7, 11) is 0. The number of rotatable bonds is 6. The van der Waals surface area contributed by atoms with Crippen LogP contribution in [0.4, 0.5) is 17.1 Å². The van der Waals surface area contributed by atoms with Crippen molar-refractivity contribution in [2.45, 2.75) is 27.2 Å². The number of hydrogen-bond acceptors (Lipinski definition) is 3. The van der Waals surface area contributed by atoms with E-state index in [9.17, 15) is 9.59 Å². The van der Waals surface area contributed by atoms with Gasteiger partial charge in [-0.25, -0.2) is 0 Å². The Kier molecular flexibility index (Phi) is 6.42. The molecule has 0 aliphatic heterocycles. The van der Waals surface area contributed by atoms with Crippen molar-refractivity contribution >= 4 is 40.5 Å². The molecule has 0 fully saturated rings. The third-order valence-corrected chi connectivity index (χ3v) is 4.08. The maximum atomic E-state index is 12.2. The fourth-order valence-electron chi connectivity index (χ4n) is 2.30. The molecule has 0 unspecified atom stereocenters. The third-order valence-electron chi connectivity index (χ3n) is 3.84. The molecular weight excluding hydrogens is 338 g/mol. The second kappa shape index (κ2) is 8.53. The summed E-state index contributed by atoms with van der Waals surface area (Å²) in [6.07, 6.45) is 0.415. The molecule has 2 rings (SSSR count). The summed E-state index contributed by atoms with van der Waals surface area (Å²) in [4.78, 5) is 23.8. The second-order valence-corrected chi connectivity index (χ2v) is 6.18. The summed E-state index contributed by atoms with van der Waals surface area (Å²) < 4.78 is 0. The van der Waals surface area contributed by atoms with Gasteiger partial charge in [-0.3, -0.25) is 9.59 Å². The van der Waals surface area contributed by atoms with Crippen molar-refractivity contribution < 1.29 is 9.59 Å². The van der Waals surface area contributed by atoms with E-state index < -0.39 is 0 Å². The van der Waals surface area contributed by atoms with E-state index in [4.69, 9.17) is 11.6 Å². The Hall–Kier alpha value is -2.53. The average molecular weight is 360 g/mol. The molecule has 2 amide bonds. The molecular formula is C19H22ClN3O2. The van der Waals surface area contributed by atoms with Crippen LogP contribution in [0.3, 0.4) is 0 Å². The van der Waals surface area contributed by atoms with E-state index in [-0.39, 0.29) is 18.4 Å². The molecule has 0 saturated heterocycles. The quantitative estimate of drug-likeness (QED) is 0.717. The SMILES string of the molecule is CCC(=O)Nc1cccc(NCC(=O)Nc2cc(Cl)ccc2C)c1C. The van der Waals surface area contributed by atoms with Gasteiger partial charge in [0.25, 0.3) is 0 Å². The lowest BCUT2D eigenvalue weighted by atomic mass is 10.1. The minimum Gasteiger partial charge on any atom is -0.376 e. The van der Waals surface area contributed by atoms with Gasteiger partial charge in [0.15, 0.2) is 0 Å². The van der Waals surface area contributed by atoms with Gasteiger partial charge in [-0.1, -0.05) is 30.7 Å². The highest BCUT2D eigenvalue weighted by Crippen LogP contribution is 2.24. The molecule has 2 aromatic carbocycles. The number of halogens is 1. The van der Waals surface area contributed by atoms with Crippen LogP contribution in [0.15, 0.2) is 36.4 Å². The van der Waals surface area contributed by atoms with E-state index in [1.807, 2.05) is 38.1 Å². The first-order valence-corrected chi connectivity index (χ1v) is 8.48. The van der Waals surface area contributed by atoms with Crippen molar-refractivity contribution in [2.75, 3.05) is 22.5 Å². The van der Waals surface area contributed by atoms with Gasteiger partial charge in [-0.2, -0.15) is 0 Å². The summed E-state index contributed by atoms with van der Waals surface area (Å²) in [5, 5.41) is 9.36. The molecule has 0 spiro atoms. The molecule has 25 heavy (non-hydrogen) atoms. The minimum atomic E-state index is -0.173. The van der Waals surface area contributed by atoms with Crippen LogP contribution in [-0.2, 0) is 9.59 Å². The molecule has 0 heterocycles. The Bertz CT molecular complexity index is 790. The van der Waals surface area contributed by atoms with Crippen molar-refractivity contribution in [3.63, 3.8) is 0 Å². The van der Waals surface area contributed by atoms with Gasteiger partial charge in [-0.05, 0) is 49.2 Å².